The van der Waals surface area contributed by atoms with Crippen LogP contribution in [0.4, 0.5) is 5.69 Å². The summed E-state index contributed by atoms with van der Waals surface area (Å²) in [6, 6.07) is 9.36. The van der Waals surface area contributed by atoms with Crippen molar-refractivity contribution in [1.82, 2.24) is 9.78 Å². The van der Waals surface area contributed by atoms with Gasteiger partial charge >= 0.3 is 0 Å². The third-order valence-electron chi connectivity index (χ3n) is 2.48. The van der Waals surface area contributed by atoms with Crippen LogP contribution in [0.15, 0.2) is 30.5 Å². The Kier molecular flexibility index (Phi) is 2.61. The van der Waals surface area contributed by atoms with Gasteiger partial charge in [0.15, 0.2) is 0 Å². The molecule has 0 spiro atoms. The summed E-state index contributed by atoms with van der Waals surface area (Å²) in [7, 11) is 0. The van der Waals surface area contributed by atoms with Crippen molar-refractivity contribution in [2.75, 3.05) is 5.73 Å². The molecule has 0 bridgehead atoms. The van der Waals surface area contributed by atoms with Gasteiger partial charge in [-0.05, 0) is 30.7 Å². The zero-order chi connectivity index (χ0) is 11.5. The van der Waals surface area contributed by atoms with E-state index in [1.54, 1.807) is 23.0 Å². The quantitative estimate of drug-likeness (QED) is 0.826. The predicted molar refractivity (Wildman–Crippen MR) is 62.1 cm³/mol. The molecular weight excluding hydrogens is 200 g/mol. The fraction of sp³-hybridized carbons (Fsp3) is 0.167. The standard InChI is InChI=1S/C12H12N4/c1-2-12-11(14)8-15-16(12)10-5-3-9(7-13)4-6-10/h3-6,8H,2,14H2,1H3. The topological polar surface area (TPSA) is 67.6 Å². The largest absolute Gasteiger partial charge is 0.396 e. The molecule has 1 heterocycles. The summed E-state index contributed by atoms with van der Waals surface area (Å²) >= 11 is 0. The molecule has 4 heteroatoms. The van der Waals surface area contributed by atoms with Crippen molar-refractivity contribution in [1.29, 1.82) is 5.26 Å². The van der Waals surface area contributed by atoms with E-state index >= 15 is 0 Å². The molecule has 0 saturated carbocycles. The van der Waals surface area contributed by atoms with E-state index in [2.05, 4.69) is 11.2 Å². The Morgan fingerprint density at radius 3 is 2.62 bits per heavy atom. The summed E-state index contributed by atoms with van der Waals surface area (Å²) in [5.74, 6) is 0. The highest BCUT2D eigenvalue weighted by molar-refractivity contribution is 5.47. The van der Waals surface area contributed by atoms with Gasteiger partial charge in [-0.2, -0.15) is 10.4 Å². The van der Waals surface area contributed by atoms with Crippen LogP contribution in [0.25, 0.3) is 5.69 Å². The molecule has 0 fully saturated rings. The minimum atomic E-state index is 0.641. The molecule has 0 aliphatic carbocycles. The second-order valence-corrected chi connectivity index (χ2v) is 3.47. The highest BCUT2D eigenvalue weighted by Crippen LogP contribution is 2.17. The van der Waals surface area contributed by atoms with E-state index in [4.69, 9.17) is 11.0 Å². The van der Waals surface area contributed by atoms with Crippen molar-refractivity contribution in [2.45, 2.75) is 13.3 Å². The van der Waals surface area contributed by atoms with E-state index in [0.717, 1.165) is 17.8 Å². The van der Waals surface area contributed by atoms with Crippen LogP contribution >= 0.6 is 0 Å². The van der Waals surface area contributed by atoms with Gasteiger partial charge in [0.25, 0.3) is 0 Å². The zero-order valence-electron chi connectivity index (χ0n) is 9.01. The van der Waals surface area contributed by atoms with Crippen LogP contribution in [0, 0.1) is 11.3 Å². The number of hydrogen-bond acceptors (Lipinski definition) is 3. The predicted octanol–water partition coefficient (Wildman–Crippen LogP) is 1.89. The van der Waals surface area contributed by atoms with Crippen LogP contribution in [-0.4, -0.2) is 9.78 Å². The number of aromatic nitrogens is 2. The number of nitriles is 1. The summed E-state index contributed by atoms with van der Waals surface area (Å²) in [5.41, 5.74) is 9.07. The molecule has 4 nitrogen and oxygen atoms in total. The molecule has 16 heavy (non-hydrogen) atoms. The SMILES string of the molecule is CCc1c(N)cnn1-c1ccc(C#N)cc1. The molecule has 0 aliphatic heterocycles. The van der Waals surface area contributed by atoms with Crippen molar-refractivity contribution in [3.63, 3.8) is 0 Å². The van der Waals surface area contributed by atoms with Crippen molar-refractivity contribution in [3.8, 4) is 11.8 Å². The van der Waals surface area contributed by atoms with E-state index in [-0.39, 0.29) is 0 Å². The Balaban J connectivity index is 2.47. The maximum atomic E-state index is 8.71. The molecule has 0 atom stereocenters. The van der Waals surface area contributed by atoms with Crippen LogP contribution in [0.5, 0.6) is 0 Å². The van der Waals surface area contributed by atoms with E-state index in [1.807, 2.05) is 19.1 Å². The molecule has 80 valence electrons. The summed E-state index contributed by atoms with van der Waals surface area (Å²) in [6.45, 7) is 2.04. The Morgan fingerprint density at radius 2 is 2.06 bits per heavy atom. The number of nitrogen functional groups attached to an aromatic ring is 1. The highest BCUT2D eigenvalue weighted by atomic mass is 15.3. The van der Waals surface area contributed by atoms with Gasteiger partial charge in [-0.15, -0.1) is 0 Å². The number of hydrogen-bond donors (Lipinski definition) is 1. The minimum absolute atomic E-state index is 0.641. The van der Waals surface area contributed by atoms with Crippen molar-refractivity contribution in [3.05, 3.63) is 41.7 Å². The first-order valence-corrected chi connectivity index (χ1v) is 5.09. The Hall–Kier alpha value is -2.28. The summed E-state index contributed by atoms with van der Waals surface area (Å²) in [5, 5.41) is 12.9. The number of nitrogens with zero attached hydrogens (tertiary/aromatic N) is 3. The fourth-order valence-corrected chi connectivity index (χ4v) is 1.64. The van der Waals surface area contributed by atoms with Gasteiger partial charge in [-0.3, -0.25) is 0 Å². The van der Waals surface area contributed by atoms with Crippen molar-refractivity contribution in [2.24, 2.45) is 0 Å². The smallest absolute Gasteiger partial charge is 0.0991 e. The van der Waals surface area contributed by atoms with E-state index in [1.165, 1.54) is 0 Å². The van der Waals surface area contributed by atoms with E-state index in [0.29, 0.717) is 11.3 Å². The lowest BCUT2D eigenvalue weighted by Gasteiger charge is -2.06. The second kappa shape index (κ2) is 4.07. The first kappa shape index (κ1) is 10.2. The van der Waals surface area contributed by atoms with Gasteiger partial charge in [0, 0.05) is 0 Å². The Bertz CT molecular complexity index is 531. The highest BCUT2D eigenvalue weighted by Gasteiger charge is 2.07. The monoisotopic (exact) mass is 212 g/mol. The summed E-state index contributed by atoms with van der Waals surface area (Å²) in [6.07, 6.45) is 2.48. The zero-order valence-corrected chi connectivity index (χ0v) is 9.01. The van der Waals surface area contributed by atoms with Gasteiger partial charge in [0.1, 0.15) is 0 Å². The van der Waals surface area contributed by atoms with Crippen molar-refractivity contribution >= 4 is 5.69 Å². The molecule has 2 N–H and O–H groups in total. The molecule has 0 radical (unpaired) electrons. The third kappa shape index (κ3) is 1.63. The maximum absolute atomic E-state index is 8.71. The van der Waals surface area contributed by atoms with Crippen LogP contribution in [0.3, 0.4) is 0 Å². The lowest BCUT2D eigenvalue weighted by atomic mass is 10.2. The van der Waals surface area contributed by atoms with Crippen LogP contribution < -0.4 is 5.73 Å². The van der Waals surface area contributed by atoms with Crippen LogP contribution in [-0.2, 0) is 6.42 Å². The van der Waals surface area contributed by atoms with Gasteiger partial charge in [-0.25, -0.2) is 4.68 Å². The number of nitrogens with two attached hydrogens (primary N) is 1. The number of benzene rings is 1. The first-order chi connectivity index (χ1) is 7.76. The van der Waals surface area contributed by atoms with E-state index < -0.39 is 0 Å². The molecule has 2 rings (SSSR count). The lowest BCUT2D eigenvalue weighted by Crippen LogP contribution is -2.02. The average Bonchev–Trinajstić information content (AvgIpc) is 2.70. The molecule has 0 unspecified atom stereocenters. The van der Waals surface area contributed by atoms with Gasteiger partial charge in [0.2, 0.25) is 0 Å². The summed E-state index contributed by atoms with van der Waals surface area (Å²) < 4.78 is 1.80. The normalized spacial score (nSPS) is 10.0. The van der Waals surface area contributed by atoms with E-state index in [9.17, 15) is 0 Å². The fourth-order valence-electron chi connectivity index (χ4n) is 1.64. The van der Waals surface area contributed by atoms with Crippen LogP contribution in [0.1, 0.15) is 18.2 Å². The first-order valence-electron chi connectivity index (χ1n) is 5.09. The molecule has 1 aromatic heterocycles. The van der Waals surface area contributed by atoms with Gasteiger partial charge < -0.3 is 5.73 Å². The third-order valence-corrected chi connectivity index (χ3v) is 2.48. The van der Waals surface area contributed by atoms with Gasteiger partial charge in [0.05, 0.1) is 34.9 Å². The molecule has 0 amide bonds. The van der Waals surface area contributed by atoms with Crippen molar-refractivity contribution < 1.29 is 0 Å². The van der Waals surface area contributed by atoms with Gasteiger partial charge in [-0.1, -0.05) is 6.92 Å². The number of rotatable bonds is 2. The molecule has 1 aromatic carbocycles. The maximum Gasteiger partial charge on any atom is 0.0991 e. The molecule has 0 saturated heterocycles. The molecule has 0 aliphatic rings. The molecule has 2 aromatic rings. The Morgan fingerprint density at radius 1 is 1.38 bits per heavy atom. The Labute approximate surface area is 93.9 Å². The minimum Gasteiger partial charge on any atom is -0.396 e. The average molecular weight is 212 g/mol. The number of anilines is 1. The summed E-state index contributed by atoms with van der Waals surface area (Å²) in [4.78, 5) is 0. The lowest BCUT2D eigenvalue weighted by molar-refractivity contribution is 0.815. The second-order valence-electron chi connectivity index (χ2n) is 3.47. The molecular formula is C12H12N4. The van der Waals surface area contributed by atoms with Crippen LogP contribution in [0.2, 0.25) is 0 Å².